The van der Waals surface area contributed by atoms with Gasteiger partial charge in [-0.15, -0.1) is 0 Å². The summed E-state index contributed by atoms with van der Waals surface area (Å²) in [4.78, 5) is 0. The molecule has 0 saturated heterocycles. The second kappa shape index (κ2) is 4.59. The van der Waals surface area contributed by atoms with Crippen LogP contribution in [0.1, 0.15) is 46.5 Å². The Morgan fingerprint density at radius 1 is 1.15 bits per heavy atom. The van der Waals surface area contributed by atoms with E-state index in [9.17, 15) is 4.21 Å². The number of unbranched alkanes of at least 4 members (excludes halogenated alkanes) is 1. The van der Waals surface area contributed by atoms with Crippen LogP contribution < -0.4 is 0 Å². The summed E-state index contributed by atoms with van der Waals surface area (Å²) >= 11 is 0. The average molecular weight is 206 g/mol. The van der Waals surface area contributed by atoms with Gasteiger partial charge in [-0.05, 0) is 25.4 Å². The second-order valence-corrected chi connectivity index (χ2v) is 10.4. The molecule has 0 spiro atoms. The average Bonchev–Trinajstić information content (AvgIpc) is 2.01. The van der Waals surface area contributed by atoms with Crippen molar-refractivity contribution in [3.8, 4) is 0 Å². The third-order valence-corrected chi connectivity index (χ3v) is 7.31. The summed E-state index contributed by atoms with van der Waals surface area (Å²) < 4.78 is 12.6. The van der Waals surface area contributed by atoms with Crippen LogP contribution in [0.4, 0.5) is 0 Å². The molecule has 13 heavy (non-hydrogen) atoms. The lowest BCUT2D eigenvalue weighted by molar-refractivity contribution is 0.634. The fraction of sp³-hybridized carbons (Fsp3) is 1.00. The molecule has 0 bridgehead atoms. The molecule has 1 nitrogen and oxygen atoms in total. The molecule has 0 aromatic rings. The maximum Gasteiger partial charge on any atom is 0.0117 e. The molecule has 0 heterocycles. The number of hydrogen-bond donors (Lipinski definition) is 0. The maximum absolute atomic E-state index is 12.6. The van der Waals surface area contributed by atoms with E-state index >= 15 is 0 Å². The van der Waals surface area contributed by atoms with Crippen molar-refractivity contribution in [3.05, 3.63) is 0 Å². The van der Waals surface area contributed by atoms with E-state index in [-0.39, 0.29) is 0 Å². The van der Waals surface area contributed by atoms with E-state index in [0.717, 1.165) is 31.4 Å². The molecule has 2 heteroatoms. The van der Waals surface area contributed by atoms with Crippen molar-refractivity contribution in [3.63, 3.8) is 0 Å². The van der Waals surface area contributed by atoms with Crippen LogP contribution in [-0.2, 0) is 9.07 Å². The van der Waals surface area contributed by atoms with E-state index in [1.54, 1.807) is 0 Å². The fourth-order valence-electron chi connectivity index (χ4n) is 1.55. The van der Waals surface area contributed by atoms with Crippen molar-refractivity contribution in [1.29, 1.82) is 0 Å². The number of hydrogen-bond acceptors (Lipinski definition) is 1. The van der Waals surface area contributed by atoms with Crippen LogP contribution in [0, 0.1) is 0 Å². The molecule has 0 aromatic heterocycles. The maximum atomic E-state index is 12.6. The first-order valence-electron chi connectivity index (χ1n) is 5.41. The molecule has 0 radical (unpaired) electrons. The molecule has 0 aliphatic carbocycles. The zero-order valence-electron chi connectivity index (χ0n) is 9.93. The van der Waals surface area contributed by atoms with Crippen LogP contribution in [0.15, 0.2) is 0 Å². The Morgan fingerprint density at radius 3 is 2.08 bits per heavy atom. The molecule has 0 aliphatic rings. The Kier molecular flexibility index (Phi) is 4.64. The summed E-state index contributed by atoms with van der Waals surface area (Å²) in [6.45, 7) is 6.47. The Hall–Kier alpha value is 0.150. The molecule has 0 amide bonds. The van der Waals surface area contributed by atoms with Gasteiger partial charge in [0.1, 0.15) is 0 Å². The first kappa shape index (κ1) is 13.2. The highest BCUT2D eigenvalue weighted by Crippen LogP contribution is 2.28. The van der Waals surface area contributed by atoms with Gasteiger partial charge in [0.05, 0.1) is 0 Å². The largest absolute Gasteiger partial charge is 0.282 e. The summed E-state index contributed by atoms with van der Waals surface area (Å²) in [5.41, 5.74) is 0. The van der Waals surface area contributed by atoms with Gasteiger partial charge in [0, 0.05) is 11.0 Å². The van der Waals surface area contributed by atoms with Crippen molar-refractivity contribution in [1.82, 2.24) is 0 Å². The molecular formula is C11H26OS. The lowest BCUT2D eigenvalue weighted by Crippen LogP contribution is -2.43. The summed E-state index contributed by atoms with van der Waals surface area (Å²) in [6.07, 6.45) is 8.48. The van der Waals surface area contributed by atoms with Gasteiger partial charge in [0.2, 0.25) is 0 Å². The minimum absolute atomic E-state index is 0.383. The Morgan fingerprint density at radius 2 is 1.69 bits per heavy atom. The van der Waals surface area contributed by atoms with Gasteiger partial charge in [-0.2, -0.15) is 0 Å². The summed E-state index contributed by atoms with van der Waals surface area (Å²) in [7, 11) is -2.32. The van der Waals surface area contributed by atoms with E-state index in [4.69, 9.17) is 0 Å². The Balaban J connectivity index is 4.38. The molecule has 0 aliphatic heterocycles. The molecule has 0 N–H and O–H groups in total. The van der Waals surface area contributed by atoms with Gasteiger partial charge in [-0.1, -0.05) is 42.7 Å². The quantitative estimate of drug-likeness (QED) is 0.653. The van der Waals surface area contributed by atoms with Gasteiger partial charge in [0.15, 0.2) is 0 Å². The van der Waals surface area contributed by atoms with E-state index in [1.807, 2.05) is 12.5 Å². The summed E-state index contributed by atoms with van der Waals surface area (Å²) in [5, 5.41) is 0.383. The van der Waals surface area contributed by atoms with E-state index in [0.29, 0.717) is 5.25 Å². The van der Waals surface area contributed by atoms with Crippen LogP contribution >= 0.6 is 0 Å². The topological polar surface area (TPSA) is 17.1 Å². The number of rotatable bonds is 6. The van der Waals surface area contributed by atoms with Crippen molar-refractivity contribution in [2.75, 3.05) is 18.3 Å². The van der Waals surface area contributed by atoms with Gasteiger partial charge in [0.25, 0.3) is 0 Å². The lowest BCUT2D eigenvalue weighted by atomic mass is 10.3. The monoisotopic (exact) mass is 206 g/mol. The highest BCUT2D eigenvalue weighted by Gasteiger charge is 2.30. The van der Waals surface area contributed by atoms with Gasteiger partial charge < -0.3 is 0 Å². The van der Waals surface area contributed by atoms with Crippen LogP contribution in [0.25, 0.3) is 0 Å². The Labute approximate surface area is 83.7 Å². The van der Waals surface area contributed by atoms with Crippen LogP contribution in [-0.4, -0.2) is 27.7 Å². The smallest absolute Gasteiger partial charge is 0.0117 e. The zero-order valence-corrected chi connectivity index (χ0v) is 10.7. The van der Waals surface area contributed by atoms with Gasteiger partial charge >= 0.3 is 0 Å². The van der Waals surface area contributed by atoms with Crippen LogP contribution in [0.2, 0.25) is 0 Å². The highest BCUT2D eigenvalue weighted by atomic mass is 32.3. The van der Waals surface area contributed by atoms with Crippen molar-refractivity contribution >= 4 is 9.07 Å². The standard InChI is InChI=1S/C11H26OS/c1-6-8-10-13(4,5,12)11(3)9-7-2/h11H,6-10H2,1-5H3. The van der Waals surface area contributed by atoms with Crippen LogP contribution in [0.3, 0.4) is 0 Å². The predicted molar refractivity (Wildman–Crippen MR) is 64.1 cm³/mol. The van der Waals surface area contributed by atoms with Gasteiger partial charge in [-0.25, -0.2) is 0 Å². The molecular weight excluding hydrogens is 180 g/mol. The first-order valence-corrected chi connectivity index (χ1v) is 8.42. The SMILES string of the molecule is CCCCS(C)(C)(=O)C(C)CCC. The molecule has 1 unspecified atom stereocenters. The lowest BCUT2D eigenvalue weighted by Gasteiger charge is -2.40. The normalized spacial score (nSPS) is 17.8. The minimum Gasteiger partial charge on any atom is -0.282 e. The zero-order chi connectivity index (χ0) is 10.6. The fourth-order valence-corrected chi connectivity index (χ4v) is 4.07. The third-order valence-electron chi connectivity index (χ3n) is 3.06. The first-order chi connectivity index (χ1) is 5.82. The molecule has 0 fully saturated rings. The third kappa shape index (κ3) is 4.26. The molecule has 0 rings (SSSR count). The second-order valence-electron chi connectivity index (χ2n) is 4.83. The van der Waals surface area contributed by atoms with Crippen molar-refractivity contribution in [2.45, 2.75) is 51.7 Å². The summed E-state index contributed by atoms with van der Waals surface area (Å²) in [5.74, 6) is 0.912. The molecule has 1 atom stereocenters. The molecule has 0 aromatic carbocycles. The Bertz CT molecular complexity index is 202. The van der Waals surface area contributed by atoms with E-state index in [2.05, 4.69) is 20.8 Å². The van der Waals surface area contributed by atoms with Crippen molar-refractivity contribution < 1.29 is 4.21 Å². The van der Waals surface area contributed by atoms with Gasteiger partial charge in [-0.3, -0.25) is 4.21 Å². The summed E-state index contributed by atoms with van der Waals surface area (Å²) in [6, 6.07) is 0. The highest BCUT2D eigenvalue weighted by molar-refractivity contribution is 8.19. The van der Waals surface area contributed by atoms with E-state index < -0.39 is 9.07 Å². The van der Waals surface area contributed by atoms with E-state index in [1.165, 1.54) is 0 Å². The molecule has 82 valence electrons. The minimum atomic E-state index is -2.32. The van der Waals surface area contributed by atoms with Crippen LogP contribution in [0.5, 0.6) is 0 Å². The molecule has 0 saturated carbocycles. The predicted octanol–water partition coefficient (Wildman–Crippen LogP) is 3.05. The van der Waals surface area contributed by atoms with Crippen molar-refractivity contribution in [2.24, 2.45) is 0 Å².